The molecule has 45 heavy (non-hydrogen) atoms. The molecule has 0 spiro atoms. The first kappa shape index (κ1) is 32.4. The number of ether oxygens (including phenoxy) is 2. The second-order valence-electron chi connectivity index (χ2n) is 10.6. The zero-order valence-electron chi connectivity index (χ0n) is 23.5. The summed E-state index contributed by atoms with van der Waals surface area (Å²) in [4.78, 5) is 45.2. The summed E-state index contributed by atoms with van der Waals surface area (Å²) < 4.78 is 57.0. The first-order chi connectivity index (χ1) is 21.3. The van der Waals surface area contributed by atoms with E-state index in [0.29, 0.717) is 23.4 Å². The number of nitrogens with one attached hydrogen (secondary N) is 1. The number of methoxy groups -OCH3 is 1. The zero-order valence-corrected chi connectivity index (χ0v) is 27.1. The average molecular weight is 705 g/mol. The summed E-state index contributed by atoms with van der Waals surface area (Å²) in [7, 11) is 1.34. The third-order valence-corrected chi connectivity index (χ3v) is 10.2. The highest BCUT2D eigenvalue weighted by Gasteiger charge is 2.51. The van der Waals surface area contributed by atoms with Crippen molar-refractivity contribution in [1.82, 2.24) is 39.0 Å². The lowest BCUT2D eigenvalue weighted by molar-refractivity contribution is -0.0489. The lowest BCUT2D eigenvalue weighted by atomic mass is 10.1. The molecule has 6 N–H and O–H groups in total. The second kappa shape index (κ2) is 12.6. The molecule has 4 aromatic heterocycles. The Hall–Kier alpha value is -2.58. The summed E-state index contributed by atoms with van der Waals surface area (Å²) in [5.41, 5.74) is 12.2. The highest BCUT2D eigenvalue weighted by molar-refractivity contribution is 8.44. The van der Waals surface area contributed by atoms with Crippen molar-refractivity contribution >= 4 is 72.2 Å². The van der Waals surface area contributed by atoms with Crippen molar-refractivity contribution < 1.29 is 37.1 Å². The number of nitrogen functional groups attached to an aromatic ring is 2. The van der Waals surface area contributed by atoms with E-state index in [1.165, 1.54) is 24.3 Å². The van der Waals surface area contributed by atoms with Gasteiger partial charge in [-0.3, -0.25) is 23.4 Å². The Balaban J connectivity index is 1.19. The van der Waals surface area contributed by atoms with E-state index in [2.05, 4.69) is 54.4 Å². The van der Waals surface area contributed by atoms with Crippen LogP contribution >= 0.6 is 38.1 Å². The highest BCUT2D eigenvalue weighted by atomic mass is 32.7. The van der Waals surface area contributed by atoms with E-state index in [1.807, 2.05) is 4.57 Å². The minimum atomic E-state index is -4.20. The number of hydrogen-bond donors (Lipinski definition) is 6. The molecule has 19 nitrogen and oxygen atoms in total. The van der Waals surface area contributed by atoms with Gasteiger partial charge in [-0.05, 0) is 25.2 Å². The largest absolute Gasteiger partial charge is 0.386 e. The molecule has 1 unspecified atom stereocenters. The monoisotopic (exact) mass is 704 g/mol. The van der Waals surface area contributed by atoms with E-state index >= 15 is 0 Å². The van der Waals surface area contributed by atoms with Crippen LogP contribution in [0.2, 0.25) is 0 Å². The Morgan fingerprint density at radius 2 is 1.80 bits per heavy atom. The van der Waals surface area contributed by atoms with Gasteiger partial charge in [-0.1, -0.05) is 24.5 Å². The molecule has 1 aliphatic carbocycles. The van der Waals surface area contributed by atoms with Crippen LogP contribution in [0.3, 0.4) is 0 Å². The van der Waals surface area contributed by atoms with Crippen LogP contribution in [0.4, 0.5) is 11.8 Å². The number of hydrogen-bond acceptors (Lipinski definition) is 15. The molecule has 0 radical (unpaired) electrons. The van der Waals surface area contributed by atoms with E-state index in [4.69, 9.17) is 34.5 Å². The standard InChI is InChI=1S/C22H30N10O9P2S2/c1-37-15-12(6-38-42(34,35)44)40-21(32-9-28-14-19(32)29-22(24)30-20(14)33)16(15)41-43(36,45)39-5-10-2-3-11(4-10)31-8-27-13-17(23)25-7-26-18(13)31/h7-12,15-16,21H,2-6H2,1H3,(H,36,45)(H2,23,25,26)(H2,34,35,44)(H3,24,29,30,33)/t10-,11+,12-,15-,16-,21-,43+/m1/s1. The Morgan fingerprint density at radius 1 is 1.04 bits per heavy atom. The number of aromatic amines is 1. The van der Waals surface area contributed by atoms with Crippen molar-refractivity contribution in [3.8, 4) is 0 Å². The van der Waals surface area contributed by atoms with E-state index in [9.17, 15) is 18.8 Å². The number of rotatable bonds is 11. The topological polar surface area (TPSA) is 260 Å². The molecule has 1 saturated carbocycles. The van der Waals surface area contributed by atoms with Crippen LogP contribution < -0.4 is 17.0 Å². The van der Waals surface area contributed by atoms with Crippen molar-refractivity contribution in [1.29, 1.82) is 0 Å². The fourth-order valence-corrected chi connectivity index (χ4v) is 7.80. The Kier molecular flexibility index (Phi) is 9.03. The van der Waals surface area contributed by atoms with Crippen molar-refractivity contribution in [2.45, 2.75) is 49.8 Å². The van der Waals surface area contributed by atoms with Gasteiger partial charge in [-0.2, -0.15) is 4.98 Å². The maximum Gasteiger partial charge on any atom is 0.386 e. The Morgan fingerprint density at radius 3 is 2.56 bits per heavy atom. The minimum absolute atomic E-state index is 0.0104. The molecule has 1 saturated heterocycles. The van der Waals surface area contributed by atoms with Gasteiger partial charge in [-0.25, -0.2) is 29.1 Å². The summed E-state index contributed by atoms with van der Waals surface area (Å²) in [5.74, 6) is 0.131. The number of thiol groups is 2. The Bertz CT molecular complexity index is 1870. The predicted molar refractivity (Wildman–Crippen MR) is 166 cm³/mol. The number of nitrogens with zero attached hydrogens (tertiary/aromatic N) is 7. The van der Waals surface area contributed by atoms with Crippen molar-refractivity contribution in [2.24, 2.45) is 5.92 Å². The first-order valence-corrected chi connectivity index (χ1v) is 19.0. The van der Waals surface area contributed by atoms with Crippen LogP contribution in [0.25, 0.3) is 22.3 Å². The van der Waals surface area contributed by atoms with Gasteiger partial charge in [0, 0.05) is 13.2 Å². The highest BCUT2D eigenvalue weighted by Crippen LogP contribution is 2.58. The van der Waals surface area contributed by atoms with Gasteiger partial charge < -0.3 is 34.9 Å². The molecule has 5 heterocycles. The SMILES string of the molecule is CO[C@H]1[C@@H](O[P@@](=O)(S)OC[C@@H]2CC[C@H](n3cnc4c(N)ncnc43)C2)[C@H](n2cnc3c(=O)[nH]c(N)nc32)O[C@@H]1COP(=O)(O)S. The number of fused-ring (bicyclic) bond motifs is 2. The van der Waals surface area contributed by atoms with Gasteiger partial charge >= 0.3 is 13.6 Å². The summed E-state index contributed by atoms with van der Waals surface area (Å²) in [6.07, 6.45) is 2.16. The predicted octanol–water partition coefficient (Wildman–Crippen LogP) is 1.86. The third-order valence-electron chi connectivity index (χ3n) is 7.71. The number of H-pyrrole nitrogens is 1. The van der Waals surface area contributed by atoms with E-state index < -0.39 is 50.3 Å². The Labute approximate surface area is 264 Å². The van der Waals surface area contributed by atoms with Gasteiger partial charge in [0.1, 0.15) is 30.2 Å². The van der Waals surface area contributed by atoms with Gasteiger partial charge in [0.25, 0.3) is 5.56 Å². The lowest BCUT2D eigenvalue weighted by Crippen LogP contribution is -2.37. The fraction of sp³-hybridized carbons (Fsp3) is 0.545. The van der Waals surface area contributed by atoms with Crippen LogP contribution in [0.5, 0.6) is 0 Å². The fourth-order valence-electron chi connectivity index (χ4n) is 5.74. The lowest BCUT2D eigenvalue weighted by Gasteiger charge is -2.26. The van der Waals surface area contributed by atoms with Crippen molar-refractivity contribution in [3.63, 3.8) is 0 Å². The van der Waals surface area contributed by atoms with Crippen molar-refractivity contribution in [3.05, 3.63) is 29.3 Å². The minimum Gasteiger partial charge on any atom is -0.382 e. The van der Waals surface area contributed by atoms with E-state index in [1.54, 1.807) is 6.33 Å². The van der Waals surface area contributed by atoms with Crippen LogP contribution in [0, 0.1) is 5.92 Å². The molecule has 2 fully saturated rings. The third kappa shape index (κ3) is 6.78. The summed E-state index contributed by atoms with van der Waals surface area (Å²) in [6.45, 7) is -8.68. The summed E-state index contributed by atoms with van der Waals surface area (Å²) in [6, 6.07) is 0.0660. The zero-order chi connectivity index (χ0) is 32.1. The van der Waals surface area contributed by atoms with Crippen molar-refractivity contribution in [2.75, 3.05) is 31.8 Å². The number of imidazole rings is 2. The van der Waals surface area contributed by atoms with E-state index in [0.717, 1.165) is 12.8 Å². The number of anilines is 2. The molecule has 244 valence electrons. The summed E-state index contributed by atoms with van der Waals surface area (Å²) >= 11 is 7.78. The normalized spacial score (nSPS) is 28.1. The molecule has 0 amide bonds. The molecular formula is C22H30N10O9P2S2. The van der Waals surface area contributed by atoms with Gasteiger partial charge in [0.05, 0.1) is 25.9 Å². The maximum absolute atomic E-state index is 13.6. The van der Waals surface area contributed by atoms with Gasteiger partial charge in [0.2, 0.25) is 5.95 Å². The quantitative estimate of drug-likeness (QED) is 0.0961. The average Bonchev–Trinajstić information content (AvgIpc) is 3.75. The van der Waals surface area contributed by atoms with Gasteiger partial charge in [-0.15, -0.1) is 0 Å². The first-order valence-electron chi connectivity index (χ1n) is 13.5. The van der Waals surface area contributed by atoms with Crippen LogP contribution in [0.1, 0.15) is 31.5 Å². The summed E-state index contributed by atoms with van der Waals surface area (Å²) in [5, 5.41) is 0. The molecule has 23 heteroatoms. The maximum atomic E-state index is 13.6. The number of nitrogens with two attached hydrogens (primary N) is 2. The van der Waals surface area contributed by atoms with Gasteiger partial charge in [0.15, 0.2) is 28.9 Å². The molecule has 0 bridgehead atoms. The van der Waals surface area contributed by atoms with Crippen LogP contribution in [-0.2, 0) is 32.2 Å². The molecule has 6 rings (SSSR count). The molecule has 2 aliphatic rings. The molecule has 4 aromatic rings. The van der Waals surface area contributed by atoms with Crippen LogP contribution in [-0.4, -0.2) is 82.6 Å². The molecular weight excluding hydrogens is 674 g/mol. The second-order valence-corrected chi connectivity index (χ2v) is 16.2. The van der Waals surface area contributed by atoms with Crippen LogP contribution in [0.15, 0.2) is 23.8 Å². The molecule has 1 aliphatic heterocycles. The molecule has 8 atom stereocenters. The smallest absolute Gasteiger partial charge is 0.382 e. The van der Waals surface area contributed by atoms with E-state index in [-0.39, 0.29) is 35.7 Å². The number of aromatic nitrogens is 8. The molecule has 0 aromatic carbocycles.